The summed E-state index contributed by atoms with van der Waals surface area (Å²) in [7, 11) is 0. The van der Waals surface area contributed by atoms with Gasteiger partial charge in [-0.15, -0.1) is 0 Å². The molecule has 2 heteroatoms. The highest BCUT2D eigenvalue weighted by molar-refractivity contribution is 5.38. The van der Waals surface area contributed by atoms with Crippen molar-refractivity contribution in [2.24, 2.45) is 45.8 Å². The zero-order chi connectivity index (χ0) is 22.2. The van der Waals surface area contributed by atoms with Gasteiger partial charge in [0.1, 0.15) is 0 Å². The first-order valence-electron chi connectivity index (χ1n) is 13.4. The summed E-state index contributed by atoms with van der Waals surface area (Å²) in [5.41, 5.74) is 3.52. The Morgan fingerprint density at radius 3 is 2.45 bits per heavy atom. The van der Waals surface area contributed by atoms with Crippen molar-refractivity contribution in [2.45, 2.75) is 111 Å². The van der Waals surface area contributed by atoms with E-state index in [0.29, 0.717) is 23.2 Å². The van der Waals surface area contributed by atoms with E-state index in [-0.39, 0.29) is 23.0 Å². The Labute approximate surface area is 190 Å². The minimum Gasteiger partial charge on any atom is -0.392 e. The first kappa shape index (κ1) is 22.2. The van der Waals surface area contributed by atoms with Gasteiger partial charge in [0.2, 0.25) is 0 Å². The molecule has 0 bridgehead atoms. The number of rotatable bonds is 4. The predicted molar refractivity (Wildman–Crippen MR) is 127 cm³/mol. The molecule has 2 nitrogen and oxygen atoms in total. The van der Waals surface area contributed by atoms with Crippen molar-refractivity contribution in [3.8, 4) is 0 Å². The van der Waals surface area contributed by atoms with E-state index in [1.54, 1.807) is 0 Å². The van der Waals surface area contributed by atoms with Gasteiger partial charge in [-0.05, 0) is 118 Å². The second kappa shape index (κ2) is 7.45. The molecule has 5 rings (SSSR count). The standard InChI is InChI=1S/C29H46O2/c1-18(2)7-6-8-19(3)20-9-10-21-26-22(11-13-27(20,21)4)28(5)14-12-25(31)29(15-16-29)24(28)17-23(26)30/h7,17,19-23,25-26,30-31H,6,8-16H2,1-5H3/t19-,20-,21+,22+,23+,25-,26+,27-,28-/m1/s1. The summed E-state index contributed by atoms with van der Waals surface area (Å²) in [5.74, 6) is 3.26. The molecule has 1 spiro atoms. The maximum Gasteiger partial charge on any atom is 0.0757 e. The summed E-state index contributed by atoms with van der Waals surface area (Å²) < 4.78 is 0. The van der Waals surface area contributed by atoms with Crippen LogP contribution < -0.4 is 0 Å². The van der Waals surface area contributed by atoms with E-state index in [1.165, 1.54) is 49.7 Å². The molecule has 174 valence electrons. The smallest absolute Gasteiger partial charge is 0.0757 e. The van der Waals surface area contributed by atoms with Crippen LogP contribution in [0.1, 0.15) is 98.8 Å². The molecule has 0 unspecified atom stereocenters. The van der Waals surface area contributed by atoms with E-state index < -0.39 is 0 Å². The molecule has 0 radical (unpaired) electrons. The van der Waals surface area contributed by atoms with E-state index in [0.717, 1.165) is 37.5 Å². The molecule has 0 saturated heterocycles. The number of aliphatic hydroxyl groups is 2. The molecule has 5 aliphatic rings. The molecule has 0 aromatic heterocycles. The van der Waals surface area contributed by atoms with Crippen LogP contribution in [-0.2, 0) is 0 Å². The van der Waals surface area contributed by atoms with Crippen LogP contribution in [0, 0.1) is 45.8 Å². The lowest BCUT2D eigenvalue weighted by Gasteiger charge is -2.61. The molecule has 31 heavy (non-hydrogen) atoms. The van der Waals surface area contributed by atoms with Crippen LogP contribution in [0.3, 0.4) is 0 Å². The van der Waals surface area contributed by atoms with Crippen molar-refractivity contribution >= 4 is 0 Å². The van der Waals surface area contributed by atoms with E-state index in [4.69, 9.17) is 0 Å². The molecule has 4 fully saturated rings. The summed E-state index contributed by atoms with van der Waals surface area (Å²) in [4.78, 5) is 0. The van der Waals surface area contributed by atoms with E-state index >= 15 is 0 Å². The lowest BCUT2D eigenvalue weighted by Crippen LogP contribution is -2.56. The number of hydrogen-bond acceptors (Lipinski definition) is 2. The minimum absolute atomic E-state index is 0.0252. The van der Waals surface area contributed by atoms with Gasteiger partial charge >= 0.3 is 0 Å². The lowest BCUT2D eigenvalue weighted by molar-refractivity contribution is -0.105. The van der Waals surface area contributed by atoms with Gasteiger partial charge in [0, 0.05) is 5.41 Å². The number of allylic oxidation sites excluding steroid dienone is 2. The maximum atomic E-state index is 11.5. The molecule has 0 amide bonds. The molecular weight excluding hydrogens is 380 g/mol. The Morgan fingerprint density at radius 2 is 1.77 bits per heavy atom. The average molecular weight is 427 g/mol. The topological polar surface area (TPSA) is 40.5 Å². The highest BCUT2D eigenvalue weighted by Crippen LogP contribution is 2.72. The van der Waals surface area contributed by atoms with Crippen LogP contribution in [0.5, 0.6) is 0 Å². The quantitative estimate of drug-likeness (QED) is 0.493. The van der Waals surface area contributed by atoms with E-state index in [2.05, 4.69) is 46.8 Å². The van der Waals surface area contributed by atoms with Gasteiger partial charge in [-0.2, -0.15) is 0 Å². The fraction of sp³-hybridized carbons (Fsp3) is 0.862. The highest BCUT2D eigenvalue weighted by Gasteiger charge is 2.66. The van der Waals surface area contributed by atoms with Gasteiger partial charge in [0.15, 0.2) is 0 Å². The Balaban J connectivity index is 1.41. The van der Waals surface area contributed by atoms with Gasteiger partial charge in [-0.25, -0.2) is 0 Å². The van der Waals surface area contributed by atoms with Crippen LogP contribution in [0.15, 0.2) is 23.3 Å². The van der Waals surface area contributed by atoms with Crippen molar-refractivity contribution in [1.29, 1.82) is 0 Å². The molecule has 5 aliphatic carbocycles. The van der Waals surface area contributed by atoms with Crippen molar-refractivity contribution in [3.05, 3.63) is 23.3 Å². The third-order valence-corrected chi connectivity index (χ3v) is 11.3. The van der Waals surface area contributed by atoms with Gasteiger partial charge < -0.3 is 10.2 Å². The molecule has 0 aliphatic heterocycles. The third-order valence-electron chi connectivity index (χ3n) is 11.3. The third kappa shape index (κ3) is 3.17. The lowest BCUT2D eigenvalue weighted by atomic mass is 9.45. The molecule has 9 atom stereocenters. The second-order valence-electron chi connectivity index (χ2n) is 13.1. The largest absolute Gasteiger partial charge is 0.392 e. The van der Waals surface area contributed by atoms with Crippen molar-refractivity contribution in [1.82, 2.24) is 0 Å². The van der Waals surface area contributed by atoms with Crippen LogP contribution in [0.25, 0.3) is 0 Å². The van der Waals surface area contributed by atoms with Gasteiger partial charge in [-0.1, -0.05) is 44.1 Å². The van der Waals surface area contributed by atoms with Crippen LogP contribution in [-0.4, -0.2) is 22.4 Å². The first-order valence-corrected chi connectivity index (χ1v) is 13.4. The monoisotopic (exact) mass is 426 g/mol. The maximum absolute atomic E-state index is 11.5. The summed E-state index contributed by atoms with van der Waals surface area (Å²) in [6, 6.07) is 0. The fourth-order valence-corrected chi connectivity index (χ4v) is 9.58. The fourth-order valence-electron chi connectivity index (χ4n) is 9.58. The Kier molecular flexibility index (Phi) is 5.34. The van der Waals surface area contributed by atoms with E-state index in [9.17, 15) is 10.2 Å². The SMILES string of the molecule is CC(C)=CCC[C@@H](C)[C@H]1CC[C@H]2[C@@H]3[C@@H](O)C=C4C5(CC5)[C@H](O)CC[C@]4(C)[C@H]3CC[C@]12C. The first-order chi connectivity index (χ1) is 14.6. The number of fused-ring (bicyclic) bond motifs is 6. The summed E-state index contributed by atoms with van der Waals surface area (Å²) in [6.07, 6.45) is 16.3. The Hall–Kier alpha value is -0.600. The van der Waals surface area contributed by atoms with Crippen molar-refractivity contribution in [3.63, 3.8) is 0 Å². The molecule has 4 saturated carbocycles. The minimum atomic E-state index is -0.305. The second-order valence-corrected chi connectivity index (χ2v) is 13.1. The molecule has 0 aromatic carbocycles. The van der Waals surface area contributed by atoms with Crippen molar-refractivity contribution < 1.29 is 10.2 Å². The molecular formula is C29H46O2. The zero-order valence-corrected chi connectivity index (χ0v) is 20.7. The van der Waals surface area contributed by atoms with Gasteiger partial charge in [0.05, 0.1) is 12.2 Å². The predicted octanol–water partition coefficient (Wildman–Crippen LogP) is 6.67. The number of hydrogen-bond donors (Lipinski definition) is 2. The Bertz CT molecular complexity index is 772. The summed E-state index contributed by atoms with van der Waals surface area (Å²) >= 11 is 0. The van der Waals surface area contributed by atoms with Crippen molar-refractivity contribution in [2.75, 3.05) is 0 Å². The summed E-state index contributed by atoms with van der Waals surface area (Å²) in [6.45, 7) is 12.0. The molecule has 0 aromatic rings. The average Bonchev–Trinajstić information content (AvgIpc) is 3.42. The van der Waals surface area contributed by atoms with Gasteiger partial charge in [-0.3, -0.25) is 0 Å². The number of aliphatic hydroxyl groups excluding tert-OH is 2. The van der Waals surface area contributed by atoms with E-state index in [1.807, 2.05) is 0 Å². The summed E-state index contributed by atoms with van der Waals surface area (Å²) in [5, 5.41) is 22.3. The molecule has 2 N–H and O–H groups in total. The van der Waals surface area contributed by atoms with Crippen LogP contribution >= 0.6 is 0 Å². The van der Waals surface area contributed by atoms with Crippen LogP contribution in [0.4, 0.5) is 0 Å². The zero-order valence-electron chi connectivity index (χ0n) is 20.7. The highest BCUT2D eigenvalue weighted by atomic mass is 16.3. The Morgan fingerprint density at radius 1 is 1.03 bits per heavy atom. The van der Waals surface area contributed by atoms with Gasteiger partial charge in [0.25, 0.3) is 0 Å². The normalized spacial score (nSPS) is 48.3. The molecule has 0 heterocycles. The van der Waals surface area contributed by atoms with Crippen LogP contribution in [0.2, 0.25) is 0 Å².